The van der Waals surface area contributed by atoms with E-state index in [0.717, 1.165) is 0 Å². The molecule has 0 aliphatic carbocycles. The largest absolute Gasteiger partial charge is 0.374 e. The summed E-state index contributed by atoms with van der Waals surface area (Å²) in [5.41, 5.74) is 2.51. The average Bonchev–Trinajstić information content (AvgIpc) is 2.50. The van der Waals surface area contributed by atoms with Crippen molar-refractivity contribution in [2.24, 2.45) is 5.84 Å². The Balaban J connectivity index is 2.93. The second kappa shape index (κ2) is 9.09. The van der Waals surface area contributed by atoms with Crippen LogP contribution in [0.15, 0.2) is 6.07 Å². The maximum atomic E-state index is 11.7. The fourth-order valence-corrected chi connectivity index (χ4v) is 1.76. The van der Waals surface area contributed by atoms with Crippen LogP contribution in [0.3, 0.4) is 0 Å². The minimum absolute atomic E-state index is 0.0495. The van der Waals surface area contributed by atoms with Gasteiger partial charge in [-0.15, -0.1) is 0 Å². The lowest BCUT2D eigenvalue weighted by molar-refractivity contribution is -0.119. The number of hydrogen-bond donors (Lipinski definition) is 3. The van der Waals surface area contributed by atoms with E-state index < -0.39 is 0 Å². The summed E-state index contributed by atoms with van der Waals surface area (Å²) >= 11 is 0. The van der Waals surface area contributed by atoms with E-state index >= 15 is 0 Å². The van der Waals surface area contributed by atoms with Crippen molar-refractivity contribution in [1.82, 2.24) is 15.3 Å². The number of hydrazine groups is 1. The van der Waals surface area contributed by atoms with Crippen molar-refractivity contribution in [1.29, 1.82) is 0 Å². The van der Waals surface area contributed by atoms with Gasteiger partial charge in [-0.25, -0.2) is 15.8 Å². The fourth-order valence-electron chi connectivity index (χ4n) is 1.76. The smallest absolute Gasteiger partial charge is 0.239 e. The Kier molecular flexibility index (Phi) is 7.41. The highest BCUT2D eigenvalue weighted by atomic mass is 16.5. The van der Waals surface area contributed by atoms with Crippen LogP contribution in [0.1, 0.15) is 26.6 Å². The van der Waals surface area contributed by atoms with Gasteiger partial charge in [0.1, 0.15) is 18.2 Å². The van der Waals surface area contributed by atoms with Gasteiger partial charge in [0.15, 0.2) is 5.82 Å². The first-order chi connectivity index (χ1) is 10.1. The second-order valence-corrected chi connectivity index (χ2v) is 4.28. The Morgan fingerprint density at radius 3 is 2.71 bits per heavy atom. The molecular formula is C13H24N6O2. The van der Waals surface area contributed by atoms with Crippen molar-refractivity contribution >= 4 is 17.5 Å². The van der Waals surface area contributed by atoms with Gasteiger partial charge >= 0.3 is 0 Å². The Bertz CT molecular complexity index is 454. The molecule has 0 saturated heterocycles. The first-order valence-electron chi connectivity index (χ1n) is 7.08. The summed E-state index contributed by atoms with van der Waals surface area (Å²) in [5, 5.41) is 2.77. The number of amides is 1. The SMILES string of the molecule is CCNC(=O)CN(CC)c1cc(NN)nc(COCC)n1. The maximum Gasteiger partial charge on any atom is 0.239 e. The summed E-state index contributed by atoms with van der Waals surface area (Å²) in [7, 11) is 0. The number of carbonyl (C=O) groups excluding carboxylic acids is 1. The molecule has 8 heteroatoms. The van der Waals surface area contributed by atoms with Crippen molar-refractivity contribution in [2.75, 3.05) is 36.6 Å². The van der Waals surface area contributed by atoms with E-state index in [1.54, 1.807) is 6.07 Å². The zero-order valence-electron chi connectivity index (χ0n) is 12.8. The quantitative estimate of drug-likeness (QED) is 0.443. The normalized spacial score (nSPS) is 10.3. The molecule has 0 aromatic carbocycles. The lowest BCUT2D eigenvalue weighted by atomic mass is 10.4. The molecular weight excluding hydrogens is 272 g/mol. The van der Waals surface area contributed by atoms with Crippen LogP contribution in [0.2, 0.25) is 0 Å². The van der Waals surface area contributed by atoms with Crippen molar-refractivity contribution in [2.45, 2.75) is 27.4 Å². The average molecular weight is 296 g/mol. The molecule has 0 aliphatic rings. The molecule has 0 saturated carbocycles. The Morgan fingerprint density at radius 1 is 1.38 bits per heavy atom. The van der Waals surface area contributed by atoms with Crippen molar-refractivity contribution in [3.63, 3.8) is 0 Å². The lowest BCUT2D eigenvalue weighted by Crippen LogP contribution is -2.37. The van der Waals surface area contributed by atoms with E-state index in [-0.39, 0.29) is 12.5 Å². The van der Waals surface area contributed by atoms with Crippen LogP contribution in [0.5, 0.6) is 0 Å². The number of nitrogen functional groups attached to an aromatic ring is 1. The summed E-state index contributed by atoms with van der Waals surface area (Å²) in [6.45, 7) is 8.11. The molecule has 4 N–H and O–H groups in total. The molecule has 0 bridgehead atoms. The summed E-state index contributed by atoms with van der Waals surface area (Å²) < 4.78 is 5.32. The number of rotatable bonds is 9. The van der Waals surface area contributed by atoms with Crippen LogP contribution in [0.4, 0.5) is 11.6 Å². The van der Waals surface area contributed by atoms with Gasteiger partial charge in [-0.3, -0.25) is 4.79 Å². The molecule has 1 aromatic rings. The first-order valence-corrected chi connectivity index (χ1v) is 7.08. The van der Waals surface area contributed by atoms with Gasteiger partial charge in [-0.05, 0) is 20.8 Å². The highest BCUT2D eigenvalue weighted by Crippen LogP contribution is 2.15. The molecule has 0 radical (unpaired) electrons. The zero-order valence-corrected chi connectivity index (χ0v) is 12.8. The van der Waals surface area contributed by atoms with Gasteiger partial charge in [0.25, 0.3) is 0 Å². The Labute approximate surface area is 125 Å². The summed E-state index contributed by atoms with van der Waals surface area (Å²) in [6.07, 6.45) is 0. The third kappa shape index (κ3) is 5.52. The van der Waals surface area contributed by atoms with Gasteiger partial charge in [-0.1, -0.05) is 0 Å². The van der Waals surface area contributed by atoms with E-state index in [2.05, 4.69) is 20.7 Å². The van der Waals surface area contributed by atoms with Crippen LogP contribution in [-0.4, -0.2) is 42.1 Å². The number of nitrogens with zero attached hydrogens (tertiary/aromatic N) is 3. The van der Waals surface area contributed by atoms with Crippen molar-refractivity contribution in [3.8, 4) is 0 Å². The van der Waals surface area contributed by atoms with Crippen LogP contribution in [0.25, 0.3) is 0 Å². The van der Waals surface area contributed by atoms with E-state index in [4.69, 9.17) is 10.6 Å². The first kappa shape index (κ1) is 17.1. The number of ether oxygens (including phenoxy) is 1. The van der Waals surface area contributed by atoms with Crippen LogP contribution < -0.4 is 21.5 Å². The number of hydrogen-bond acceptors (Lipinski definition) is 7. The number of nitrogens with two attached hydrogens (primary N) is 1. The minimum atomic E-state index is -0.0495. The Hall–Kier alpha value is -1.93. The number of carbonyl (C=O) groups is 1. The van der Waals surface area contributed by atoms with Gasteiger partial charge < -0.3 is 20.4 Å². The fraction of sp³-hybridized carbons (Fsp3) is 0.615. The van der Waals surface area contributed by atoms with Gasteiger partial charge in [0, 0.05) is 25.8 Å². The number of nitrogens with one attached hydrogen (secondary N) is 2. The molecule has 0 atom stereocenters. The highest BCUT2D eigenvalue weighted by Gasteiger charge is 2.13. The zero-order chi connectivity index (χ0) is 15.7. The standard InChI is InChI=1S/C13H24N6O2/c1-4-15-13(20)8-19(5-2)12-7-10(18-14)16-11(17-12)9-21-6-3/h7H,4-6,8-9,14H2,1-3H3,(H,15,20)(H,16,17,18). The molecule has 1 heterocycles. The van der Waals surface area contributed by atoms with E-state index in [1.165, 1.54) is 0 Å². The lowest BCUT2D eigenvalue weighted by Gasteiger charge is -2.22. The maximum absolute atomic E-state index is 11.7. The summed E-state index contributed by atoms with van der Waals surface area (Å²) in [4.78, 5) is 22.2. The van der Waals surface area contributed by atoms with Gasteiger partial charge in [-0.2, -0.15) is 0 Å². The van der Waals surface area contributed by atoms with Crippen molar-refractivity contribution < 1.29 is 9.53 Å². The summed E-state index contributed by atoms with van der Waals surface area (Å²) in [5.74, 6) is 7.03. The Morgan fingerprint density at radius 2 is 2.14 bits per heavy atom. The third-order valence-electron chi connectivity index (χ3n) is 2.76. The van der Waals surface area contributed by atoms with Crippen LogP contribution >= 0.6 is 0 Å². The molecule has 0 fully saturated rings. The second-order valence-electron chi connectivity index (χ2n) is 4.28. The summed E-state index contributed by atoms with van der Waals surface area (Å²) in [6, 6.07) is 1.71. The van der Waals surface area contributed by atoms with E-state index in [1.807, 2.05) is 25.7 Å². The van der Waals surface area contributed by atoms with E-state index in [9.17, 15) is 4.79 Å². The van der Waals surface area contributed by atoms with Crippen LogP contribution in [-0.2, 0) is 16.1 Å². The third-order valence-corrected chi connectivity index (χ3v) is 2.76. The molecule has 0 aliphatic heterocycles. The number of aromatic nitrogens is 2. The molecule has 1 aromatic heterocycles. The molecule has 1 amide bonds. The predicted octanol–water partition coefficient (Wildman–Crippen LogP) is 0.261. The van der Waals surface area contributed by atoms with E-state index in [0.29, 0.717) is 43.8 Å². The number of anilines is 2. The highest BCUT2D eigenvalue weighted by molar-refractivity contribution is 5.81. The predicted molar refractivity (Wildman–Crippen MR) is 81.7 cm³/mol. The molecule has 0 unspecified atom stereocenters. The number of likely N-dealkylation sites (N-methyl/N-ethyl adjacent to an activating group) is 2. The molecule has 118 valence electrons. The molecule has 1 rings (SSSR count). The monoisotopic (exact) mass is 296 g/mol. The van der Waals surface area contributed by atoms with Crippen molar-refractivity contribution in [3.05, 3.63) is 11.9 Å². The molecule has 21 heavy (non-hydrogen) atoms. The minimum Gasteiger partial charge on any atom is -0.374 e. The van der Waals surface area contributed by atoms with Crippen LogP contribution in [0, 0.1) is 0 Å². The van der Waals surface area contributed by atoms with Gasteiger partial charge in [0.05, 0.1) is 6.54 Å². The molecule has 0 spiro atoms. The van der Waals surface area contributed by atoms with Gasteiger partial charge in [0.2, 0.25) is 5.91 Å². The molecule has 8 nitrogen and oxygen atoms in total. The topological polar surface area (TPSA) is 105 Å².